The van der Waals surface area contributed by atoms with Crippen LogP contribution in [0.4, 0.5) is 4.79 Å². The van der Waals surface area contributed by atoms with Gasteiger partial charge in [0.25, 0.3) is 5.91 Å². The van der Waals surface area contributed by atoms with E-state index in [1.807, 2.05) is 24.9 Å². The van der Waals surface area contributed by atoms with Crippen molar-refractivity contribution in [2.24, 2.45) is 0 Å². The van der Waals surface area contributed by atoms with E-state index in [1.165, 1.54) is 4.90 Å². The standard InChI is InChI=1S/C16H22ClN3O3/c1-4-5-13-15(21)20(16(22)18-13)10-19(2)9-11-8-12(17)6-7-14(11)23-3/h6-8,13H,4-5,9-10H2,1-3H3,(H,18,22)/t13-/m0/s1. The van der Waals surface area contributed by atoms with E-state index in [4.69, 9.17) is 16.3 Å². The number of halogens is 1. The van der Waals surface area contributed by atoms with Gasteiger partial charge >= 0.3 is 6.03 Å². The lowest BCUT2D eigenvalue weighted by molar-refractivity contribution is -0.129. The Morgan fingerprint density at radius 2 is 2.13 bits per heavy atom. The number of hydrogen-bond acceptors (Lipinski definition) is 4. The van der Waals surface area contributed by atoms with Gasteiger partial charge in [0.2, 0.25) is 0 Å². The van der Waals surface area contributed by atoms with Crippen LogP contribution in [0, 0.1) is 0 Å². The number of carbonyl (C=O) groups is 2. The number of imide groups is 1. The number of benzene rings is 1. The highest BCUT2D eigenvalue weighted by Gasteiger charge is 2.37. The summed E-state index contributed by atoms with van der Waals surface area (Å²) in [4.78, 5) is 27.3. The minimum absolute atomic E-state index is 0.165. The lowest BCUT2D eigenvalue weighted by atomic mass is 10.2. The molecule has 1 N–H and O–H groups in total. The molecule has 126 valence electrons. The van der Waals surface area contributed by atoms with Gasteiger partial charge in [0.1, 0.15) is 11.8 Å². The molecule has 1 fully saturated rings. The Morgan fingerprint density at radius 1 is 1.39 bits per heavy atom. The van der Waals surface area contributed by atoms with Crippen molar-refractivity contribution in [2.75, 3.05) is 20.8 Å². The molecule has 1 heterocycles. The predicted molar refractivity (Wildman–Crippen MR) is 88.4 cm³/mol. The lowest BCUT2D eigenvalue weighted by Gasteiger charge is -2.23. The molecule has 0 aromatic heterocycles. The average Bonchev–Trinajstić information content (AvgIpc) is 2.75. The van der Waals surface area contributed by atoms with E-state index >= 15 is 0 Å². The van der Waals surface area contributed by atoms with E-state index in [-0.39, 0.29) is 18.6 Å². The fourth-order valence-electron chi connectivity index (χ4n) is 2.65. The van der Waals surface area contributed by atoms with Crippen LogP contribution in [0.1, 0.15) is 25.3 Å². The molecule has 1 aromatic rings. The Morgan fingerprint density at radius 3 is 2.78 bits per heavy atom. The number of ether oxygens (including phenoxy) is 1. The van der Waals surface area contributed by atoms with Crippen LogP contribution in [0.2, 0.25) is 5.02 Å². The Kier molecular flexibility index (Phi) is 5.85. The third-order valence-electron chi connectivity index (χ3n) is 3.75. The van der Waals surface area contributed by atoms with Crippen molar-refractivity contribution in [2.45, 2.75) is 32.4 Å². The molecule has 1 aliphatic heterocycles. The van der Waals surface area contributed by atoms with Crippen LogP contribution in [0.15, 0.2) is 18.2 Å². The first-order chi connectivity index (χ1) is 11.0. The van der Waals surface area contributed by atoms with Gasteiger partial charge in [-0.15, -0.1) is 0 Å². The summed E-state index contributed by atoms with van der Waals surface area (Å²) in [6.07, 6.45) is 1.51. The molecule has 0 spiro atoms. The molecule has 1 saturated heterocycles. The number of carbonyl (C=O) groups excluding carboxylic acids is 2. The second kappa shape index (κ2) is 7.66. The summed E-state index contributed by atoms with van der Waals surface area (Å²) in [6, 6.07) is 4.65. The molecule has 1 aliphatic rings. The number of urea groups is 1. The van der Waals surface area contributed by atoms with Crippen molar-refractivity contribution < 1.29 is 14.3 Å². The molecular weight excluding hydrogens is 318 g/mol. The molecule has 3 amide bonds. The van der Waals surface area contributed by atoms with Crippen LogP contribution in [0.5, 0.6) is 5.75 Å². The van der Waals surface area contributed by atoms with Crippen LogP contribution in [0.3, 0.4) is 0 Å². The van der Waals surface area contributed by atoms with Crippen molar-refractivity contribution in [1.82, 2.24) is 15.1 Å². The first-order valence-electron chi connectivity index (χ1n) is 7.59. The number of amides is 3. The van der Waals surface area contributed by atoms with Crippen LogP contribution in [-0.4, -0.2) is 48.6 Å². The van der Waals surface area contributed by atoms with Crippen molar-refractivity contribution in [3.05, 3.63) is 28.8 Å². The topological polar surface area (TPSA) is 61.9 Å². The SMILES string of the molecule is CCC[C@@H]1NC(=O)N(CN(C)Cc2cc(Cl)ccc2OC)C1=O. The molecule has 0 bridgehead atoms. The van der Waals surface area contributed by atoms with Gasteiger partial charge in [0.05, 0.1) is 13.8 Å². The monoisotopic (exact) mass is 339 g/mol. The van der Waals surface area contributed by atoms with Gasteiger partial charge in [0, 0.05) is 17.1 Å². The Bertz CT molecular complexity index is 594. The fraction of sp³-hybridized carbons (Fsp3) is 0.500. The molecule has 0 unspecified atom stereocenters. The molecule has 1 atom stereocenters. The highest BCUT2D eigenvalue weighted by Crippen LogP contribution is 2.24. The van der Waals surface area contributed by atoms with E-state index in [0.29, 0.717) is 18.0 Å². The van der Waals surface area contributed by atoms with E-state index in [1.54, 1.807) is 19.2 Å². The molecule has 2 rings (SSSR count). The third-order valence-corrected chi connectivity index (χ3v) is 3.98. The van der Waals surface area contributed by atoms with E-state index < -0.39 is 6.04 Å². The van der Waals surface area contributed by atoms with E-state index in [0.717, 1.165) is 17.7 Å². The number of nitrogens with one attached hydrogen (secondary N) is 1. The Balaban J connectivity index is 2.02. The molecule has 7 heteroatoms. The Hall–Kier alpha value is -1.79. The van der Waals surface area contributed by atoms with Gasteiger partial charge in [-0.2, -0.15) is 0 Å². The molecule has 0 saturated carbocycles. The zero-order valence-electron chi connectivity index (χ0n) is 13.6. The van der Waals surface area contributed by atoms with Crippen LogP contribution in [0.25, 0.3) is 0 Å². The maximum Gasteiger partial charge on any atom is 0.325 e. The smallest absolute Gasteiger partial charge is 0.325 e. The van der Waals surface area contributed by atoms with Crippen LogP contribution < -0.4 is 10.1 Å². The van der Waals surface area contributed by atoms with Crippen molar-refractivity contribution in [1.29, 1.82) is 0 Å². The largest absolute Gasteiger partial charge is 0.496 e. The molecule has 23 heavy (non-hydrogen) atoms. The molecule has 0 aliphatic carbocycles. The van der Waals surface area contributed by atoms with Crippen molar-refractivity contribution >= 4 is 23.5 Å². The lowest BCUT2D eigenvalue weighted by Crippen LogP contribution is -2.40. The summed E-state index contributed by atoms with van der Waals surface area (Å²) in [7, 11) is 3.44. The molecule has 0 radical (unpaired) electrons. The predicted octanol–water partition coefficient (Wildman–Crippen LogP) is 2.46. The van der Waals surface area contributed by atoms with Crippen LogP contribution >= 0.6 is 11.6 Å². The van der Waals surface area contributed by atoms with Gasteiger partial charge in [-0.1, -0.05) is 24.9 Å². The second-order valence-electron chi connectivity index (χ2n) is 5.67. The normalized spacial score (nSPS) is 17.8. The number of rotatable bonds is 7. The average molecular weight is 340 g/mol. The molecule has 1 aromatic carbocycles. The van der Waals surface area contributed by atoms with Gasteiger partial charge in [0.15, 0.2) is 0 Å². The number of methoxy groups -OCH3 is 1. The van der Waals surface area contributed by atoms with Gasteiger partial charge in [-0.3, -0.25) is 9.69 Å². The summed E-state index contributed by atoms with van der Waals surface area (Å²) in [5.74, 6) is 0.559. The van der Waals surface area contributed by atoms with Crippen LogP contribution in [-0.2, 0) is 11.3 Å². The van der Waals surface area contributed by atoms with E-state index in [9.17, 15) is 9.59 Å². The first-order valence-corrected chi connectivity index (χ1v) is 7.96. The maximum atomic E-state index is 12.2. The Labute approximate surface area is 141 Å². The molecule has 6 nitrogen and oxygen atoms in total. The van der Waals surface area contributed by atoms with Crippen molar-refractivity contribution in [3.8, 4) is 5.75 Å². The first kappa shape index (κ1) is 17.6. The van der Waals surface area contributed by atoms with Crippen molar-refractivity contribution in [3.63, 3.8) is 0 Å². The number of hydrogen-bond donors (Lipinski definition) is 1. The summed E-state index contributed by atoms with van der Waals surface area (Å²) in [5.41, 5.74) is 0.902. The van der Waals surface area contributed by atoms with Gasteiger partial charge in [-0.05, 0) is 31.7 Å². The minimum atomic E-state index is -0.401. The summed E-state index contributed by atoms with van der Waals surface area (Å²) in [6.45, 7) is 2.72. The third kappa shape index (κ3) is 4.14. The van der Waals surface area contributed by atoms with Gasteiger partial charge in [-0.25, -0.2) is 9.69 Å². The quantitative estimate of drug-likeness (QED) is 0.775. The number of nitrogens with zero attached hydrogens (tertiary/aromatic N) is 2. The summed E-state index contributed by atoms with van der Waals surface area (Å²) < 4.78 is 5.32. The minimum Gasteiger partial charge on any atom is -0.496 e. The highest BCUT2D eigenvalue weighted by molar-refractivity contribution is 6.30. The summed E-state index contributed by atoms with van der Waals surface area (Å²) in [5, 5.41) is 3.34. The van der Waals surface area contributed by atoms with Gasteiger partial charge < -0.3 is 10.1 Å². The zero-order valence-corrected chi connectivity index (χ0v) is 14.4. The second-order valence-corrected chi connectivity index (χ2v) is 6.11. The van der Waals surface area contributed by atoms with E-state index in [2.05, 4.69) is 5.32 Å². The zero-order chi connectivity index (χ0) is 17.0. The maximum absolute atomic E-state index is 12.2. The highest BCUT2D eigenvalue weighted by atomic mass is 35.5. The fourth-order valence-corrected chi connectivity index (χ4v) is 2.84. The molecular formula is C16H22ClN3O3. The summed E-state index contributed by atoms with van der Waals surface area (Å²) >= 11 is 6.03.